The summed E-state index contributed by atoms with van der Waals surface area (Å²) in [5.41, 5.74) is -1.67. The summed E-state index contributed by atoms with van der Waals surface area (Å²) in [5, 5.41) is 0. The van der Waals surface area contributed by atoms with Gasteiger partial charge in [-0.2, -0.15) is 0 Å². The zero-order valence-electron chi connectivity index (χ0n) is 12.6. The number of esters is 1. The summed E-state index contributed by atoms with van der Waals surface area (Å²) in [6.45, 7) is 9.97. The Bertz CT molecular complexity index is 479. The van der Waals surface area contributed by atoms with Crippen LogP contribution in [0.15, 0.2) is 12.1 Å². The van der Waals surface area contributed by atoms with Gasteiger partial charge in [-0.25, -0.2) is 13.6 Å². The highest BCUT2D eigenvalue weighted by atomic mass is 19.1. The van der Waals surface area contributed by atoms with Crippen molar-refractivity contribution in [1.82, 2.24) is 0 Å². The van der Waals surface area contributed by atoms with Gasteiger partial charge in [-0.05, 0) is 39.8 Å². The summed E-state index contributed by atoms with van der Waals surface area (Å²) in [7, 11) is 0. The lowest BCUT2D eigenvalue weighted by Gasteiger charge is -2.19. The molecule has 0 bridgehead atoms. The third-order valence-electron chi connectivity index (χ3n) is 2.03. The van der Waals surface area contributed by atoms with Crippen LogP contribution >= 0.6 is 0 Å². The number of ether oxygens (including phenoxy) is 1. The maximum Gasteiger partial charge on any atom is 0.338 e. The molecule has 0 atom stereocenters. The Morgan fingerprint density at radius 3 is 1.75 bits per heavy atom. The van der Waals surface area contributed by atoms with Crippen molar-refractivity contribution in [1.29, 1.82) is 0 Å². The van der Waals surface area contributed by atoms with Crippen molar-refractivity contribution in [2.45, 2.75) is 47.1 Å². The van der Waals surface area contributed by atoms with Crippen molar-refractivity contribution in [2.75, 3.05) is 0 Å². The van der Waals surface area contributed by atoms with Crippen LogP contribution in [0.4, 0.5) is 8.78 Å². The van der Waals surface area contributed by atoms with E-state index in [2.05, 4.69) is 0 Å². The predicted octanol–water partition coefficient (Wildman–Crippen LogP) is 4.15. The van der Waals surface area contributed by atoms with Gasteiger partial charge in [0.1, 0.15) is 17.2 Å². The van der Waals surface area contributed by atoms with Crippen molar-refractivity contribution in [3.63, 3.8) is 0 Å². The Morgan fingerprint density at radius 2 is 1.45 bits per heavy atom. The molecule has 0 amide bonds. The van der Waals surface area contributed by atoms with Crippen LogP contribution < -0.4 is 0 Å². The Labute approximate surface area is 117 Å². The van der Waals surface area contributed by atoms with Crippen LogP contribution in [0.2, 0.25) is 0 Å². The molecule has 0 heterocycles. The van der Waals surface area contributed by atoms with E-state index in [0.717, 1.165) is 19.1 Å². The molecule has 0 unspecified atom stereocenters. The van der Waals surface area contributed by atoms with E-state index in [9.17, 15) is 18.4 Å². The largest absolute Gasteiger partial charge is 0.456 e. The van der Waals surface area contributed by atoms with Crippen molar-refractivity contribution in [2.24, 2.45) is 0 Å². The summed E-state index contributed by atoms with van der Waals surface area (Å²) >= 11 is 0. The van der Waals surface area contributed by atoms with Crippen molar-refractivity contribution >= 4 is 11.8 Å². The predicted molar refractivity (Wildman–Crippen MR) is 72.9 cm³/mol. The fourth-order valence-corrected chi connectivity index (χ4v) is 1.36. The maximum atomic E-state index is 13.5. The van der Waals surface area contributed by atoms with Crippen LogP contribution in [0.25, 0.3) is 0 Å². The lowest BCUT2D eigenvalue weighted by atomic mass is 10.1. The smallest absolute Gasteiger partial charge is 0.338 e. The molecule has 1 rings (SSSR count). The van der Waals surface area contributed by atoms with E-state index in [-0.39, 0.29) is 5.56 Å². The first kappa shape index (κ1) is 18.2. The van der Waals surface area contributed by atoms with Gasteiger partial charge >= 0.3 is 5.97 Å². The maximum absolute atomic E-state index is 13.5. The van der Waals surface area contributed by atoms with E-state index in [1.807, 2.05) is 13.8 Å². The number of halogens is 2. The number of benzene rings is 1. The van der Waals surface area contributed by atoms with Gasteiger partial charge in [0, 0.05) is 0 Å². The molecule has 3 nitrogen and oxygen atoms in total. The molecule has 0 spiro atoms. The summed E-state index contributed by atoms with van der Waals surface area (Å²) in [4.78, 5) is 22.6. The third kappa shape index (κ3) is 5.07. The fraction of sp³-hybridized carbons (Fsp3) is 0.467. The number of Topliss-reactive ketones (excluding diaryl/α,β-unsaturated/α-hetero) is 1. The molecule has 0 aliphatic carbocycles. The highest BCUT2D eigenvalue weighted by molar-refractivity contribution is 5.96. The molecule has 5 heteroatoms. The quantitative estimate of drug-likeness (QED) is 0.606. The van der Waals surface area contributed by atoms with Crippen molar-refractivity contribution in [3.8, 4) is 0 Å². The molecule has 0 radical (unpaired) electrons. The molecule has 0 saturated heterocycles. The first-order chi connectivity index (χ1) is 9.11. The Morgan fingerprint density at radius 1 is 1.05 bits per heavy atom. The topological polar surface area (TPSA) is 43.4 Å². The number of carbonyl (C=O) groups is 2. The minimum Gasteiger partial charge on any atom is -0.456 e. The highest BCUT2D eigenvalue weighted by Crippen LogP contribution is 2.18. The number of ketones is 1. The number of hydrogen-bond donors (Lipinski definition) is 0. The number of rotatable bonds is 2. The van der Waals surface area contributed by atoms with Crippen LogP contribution in [0, 0.1) is 11.6 Å². The monoisotopic (exact) mass is 286 g/mol. The average Bonchev–Trinajstić information content (AvgIpc) is 2.27. The molecule has 0 saturated carbocycles. The molecule has 0 fully saturated rings. The Kier molecular flexibility index (Phi) is 6.49. The summed E-state index contributed by atoms with van der Waals surface area (Å²) in [6, 6.07) is 1.60. The van der Waals surface area contributed by atoms with Gasteiger partial charge < -0.3 is 4.74 Å². The summed E-state index contributed by atoms with van der Waals surface area (Å²) < 4.78 is 31.9. The fourth-order valence-electron chi connectivity index (χ4n) is 1.36. The molecular weight excluding hydrogens is 266 g/mol. The van der Waals surface area contributed by atoms with Crippen LogP contribution in [0.5, 0.6) is 0 Å². The minimum atomic E-state index is -1.07. The SMILES string of the molecule is CC.CC(=O)c1c(F)cc(C(=O)OC(C)(C)C)cc1F. The molecule has 0 N–H and O–H groups in total. The molecule has 1 aromatic rings. The first-order valence-corrected chi connectivity index (χ1v) is 6.35. The second-order valence-electron chi connectivity index (χ2n) is 4.87. The molecule has 1 aromatic carbocycles. The van der Waals surface area contributed by atoms with E-state index in [1.54, 1.807) is 20.8 Å². The van der Waals surface area contributed by atoms with Gasteiger partial charge in [0.05, 0.1) is 11.1 Å². The van der Waals surface area contributed by atoms with E-state index in [4.69, 9.17) is 4.74 Å². The lowest BCUT2D eigenvalue weighted by Crippen LogP contribution is -2.24. The lowest BCUT2D eigenvalue weighted by molar-refractivity contribution is 0.00681. The number of hydrogen-bond acceptors (Lipinski definition) is 3. The van der Waals surface area contributed by atoms with E-state index >= 15 is 0 Å². The van der Waals surface area contributed by atoms with Gasteiger partial charge in [-0.15, -0.1) is 0 Å². The number of carbonyl (C=O) groups excluding carboxylic acids is 2. The van der Waals surface area contributed by atoms with E-state index in [0.29, 0.717) is 0 Å². The second kappa shape index (κ2) is 7.12. The Balaban J connectivity index is 0.00000172. The van der Waals surface area contributed by atoms with Gasteiger partial charge in [0.15, 0.2) is 5.78 Å². The second-order valence-corrected chi connectivity index (χ2v) is 4.87. The molecule has 112 valence electrons. The van der Waals surface area contributed by atoms with E-state index < -0.39 is 34.6 Å². The molecular formula is C15H20F2O3. The Hall–Kier alpha value is -1.78. The molecule has 20 heavy (non-hydrogen) atoms. The van der Waals surface area contributed by atoms with Gasteiger partial charge in [0.25, 0.3) is 0 Å². The van der Waals surface area contributed by atoms with E-state index in [1.165, 1.54) is 0 Å². The van der Waals surface area contributed by atoms with Gasteiger partial charge in [-0.3, -0.25) is 4.79 Å². The molecule has 0 aliphatic rings. The van der Waals surface area contributed by atoms with Crippen molar-refractivity contribution < 1.29 is 23.1 Å². The zero-order chi connectivity index (χ0) is 16.1. The van der Waals surface area contributed by atoms with Crippen LogP contribution in [-0.2, 0) is 4.74 Å². The van der Waals surface area contributed by atoms with Gasteiger partial charge in [0.2, 0.25) is 0 Å². The summed E-state index contributed by atoms with van der Waals surface area (Å²) in [6.07, 6.45) is 0. The normalized spacial score (nSPS) is 10.4. The minimum absolute atomic E-state index is 0.259. The summed E-state index contributed by atoms with van der Waals surface area (Å²) in [5.74, 6) is -3.71. The zero-order valence-corrected chi connectivity index (χ0v) is 12.6. The van der Waals surface area contributed by atoms with Crippen LogP contribution in [0.3, 0.4) is 0 Å². The third-order valence-corrected chi connectivity index (χ3v) is 2.03. The van der Waals surface area contributed by atoms with Crippen molar-refractivity contribution in [3.05, 3.63) is 34.9 Å². The average molecular weight is 286 g/mol. The molecule has 0 aliphatic heterocycles. The van der Waals surface area contributed by atoms with Crippen LogP contribution in [-0.4, -0.2) is 17.4 Å². The van der Waals surface area contributed by atoms with Gasteiger partial charge in [-0.1, -0.05) is 13.8 Å². The standard InChI is InChI=1S/C13H14F2O3.C2H6/c1-7(16)11-9(14)5-8(6-10(11)15)12(17)18-13(2,3)4;1-2/h5-6H,1-4H3;1-2H3. The molecule has 0 aromatic heterocycles. The first-order valence-electron chi connectivity index (χ1n) is 6.35. The van der Waals surface area contributed by atoms with Crippen LogP contribution in [0.1, 0.15) is 62.3 Å². The highest BCUT2D eigenvalue weighted by Gasteiger charge is 2.22.